The lowest BCUT2D eigenvalue weighted by molar-refractivity contribution is 0.901. The summed E-state index contributed by atoms with van der Waals surface area (Å²) in [6.45, 7) is 4.45. The Hall–Kier alpha value is -0.820. The Morgan fingerprint density at radius 2 is 1.95 bits per heavy atom. The van der Waals surface area contributed by atoms with E-state index in [1.807, 2.05) is 37.0 Å². The van der Waals surface area contributed by atoms with Crippen molar-refractivity contribution in [2.75, 3.05) is 12.4 Å². The molecular formula is C16H20IN3S. The summed E-state index contributed by atoms with van der Waals surface area (Å²) in [6, 6.07) is 10.3. The van der Waals surface area contributed by atoms with E-state index in [1.54, 1.807) is 0 Å². The minimum atomic E-state index is 0.631. The maximum Gasteiger partial charge on any atom is 0.143 e. The fourth-order valence-corrected chi connectivity index (χ4v) is 3.47. The average molecular weight is 413 g/mol. The monoisotopic (exact) mass is 413 g/mol. The molecule has 3 nitrogen and oxygen atoms in total. The lowest BCUT2D eigenvalue weighted by atomic mass is 10.1. The molecule has 0 bridgehead atoms. The molecule has 0 aliphatic carbocycles. The van der Waals surface area contributed by atoms with Crippen LogP contribution in [0.15, 0.2) is 30.3 Å². The molecule has 2 rings (SSSR count). The zero-order valence-corrected chi connectivity index (χ0v) is 15.5. The van der Waals surface area contributed by atoms with Gasteiger partial charge in [0.05, 0.1) is 15.0 Å². The molecule has 0 amide bonds. The van der Waals surface area contributed by atoms with E-state index in [0.29, 0.717) is 5.25 Å². The molecule has 0 aliphatic rings. The van der Waals surface area contributed by atoms with Crippen LogP contribution in [0.1, 0.15) is 26.1 Å². The highest BCUT2D eigenvalue weighted by atomic mass is 127. The second-order valence-corrected chi connectivity index (χ2v) is 7.30. The number of hydrogen-bond donors (Lipinski definition) is 1. The van der Waals surface area contributed by atoms with Crippen LogP contribution in [0.2, 0.25) is 0 Å². The van der Waals surface area contributed by atoms with Gasteiger partial charge in [0.1, 0.15) is 11.6 Å². The average Bonchev–Trinajstić information content (AvgIpc) is 2.54. The van der Waals surface area contributed by atoms with Gasteiger partial charge in [-0.05, 0) is 29.0 Å². The molecule has 1 heterocycles. The first-order valence-electron chi connectivity index (χ1n) is 7.06. The Morgan fingerprint density at radius 1 is 1.24 bits per heavy atom. The zero-order chi connectivity index (χ0) is 15.2. The molecule has 1 unspecified atom stereocenters. The van der Waals surface area contributed by atoms with E-state index in [1.165, 1.54) is 6.42 Å². The Labute approximate surface area is 144 Å². The van der Waals surface area contributed by atoms with E-state index in [0.717, 1.165) is 32.2 Å². The molecule has 21 heavy (non-hydrogen) atoms. The molecule has 0 fully saturated rings. The summed E-state index contributed by atoms with van der Waals surface area (Å²) in [7, 11) is 1.91. The van der Waals surface area contributed by atoms with E-state index < -0.39 is 0 Å². The van der Waals surface area contributed by atoms with Crippen molar-refractivity contribution >= 4 is 40.2 Å². The second kappa shape index (κ2) is 7.98. The summed E-state index contributed by atoms with van der Waals surface area (Å²) in [5.41, 5.74) is 2.14. The minimum absolute atomic E-state index is 0.631. The van der Waals surface area contributed by atoms with E-state index in [9.17, 15) is 0 Å². The third-order valence-corrected chi connectivity index (χ3v) is 5.60. The summed E-state index contributed by atoms with van der Waals surface area (Å²) in [6.07, 6.45) is 1.17. The normalized spacial score (nSPS) is 12.2. The van der Waals surface area contributed by atoms with Crippen LogP contribution in [0.3, 0.4) is 0 Å². The van der Waals surface area contributed by atoms with Crippen molar-refractivity contribution in [3.05, 3.63) is 39.7 Å². The smallest absolute Gasteiger partial charge is 0.143 e. The molecule has 0 saturated carbocycles. The minimum Gasteiger partial charge on any atom is -0.372 e. The Kier molecular flexibility index (Phi) is 6.29. The first kappa shape index (κ1) is 16.5. The molecule has 5 heteroatoms. The topological polar surface area (TPSA) is 37.8 Å². The van der Waals surface area contributed by atoms with Crippen LogP contribution in [-0.2, 0) is 5.75 Å². The maximum atomic E-state index is 4.78. The first-order valence-corrected chi connectivity index (χ1v) is 9.19. The zero-order valence-electron chi connectivity index (χ0n) is 12.6. The molecule has 2 aromatic rings. The highest BCUT2D eigenvalue weighted by molar-refractivity contribution is 14.1. The Morgan fingerprint density at radius 3 is 2.57 bits per heavy atom. The fourth-order valence-electron chi connectivity index (χ4n) is 1.85. The van der Waals surface area contributed by atoms with Gasteiger partial charge in [0.2, 0.25) is 0 Å². The number of thioether (sulfide) groups is 1. The molecule has 0 spiro atoms. The number of nitrogens with one attached hydrogen (secondary N) is 1. The molecule has 1 atom stereocenters. The van der Waals surface area contributed by atoms with Crippen molar-refractivity contribution in [3.8, 4) is 11.3 Å². The molecule has 0 saturated heterocycles. The quantitative estimate of drug-likeness (QED) is 0.689. The van der Waals surface area contributed by atoms with Crippen LogP contribution in [0.5, 0.6) is 0 Å². The second-order valence-electron chi connectivity index (χ2n) is 4.80. The van der Waals surface area contributed by atoms with Gasteiger partial charge in [-0.15, -0.1) is 0 Å². The van der Waals surface area contributed by atoms with Crippen molar-refractivity contribution in [2.24, 2.45) is 0 Å². The molecule has 0 aliphatic heterocycles. The number of hydrogen-bond acceptors (Lipinski definition) is 4. The number of anilines is 1. The summed E-state index contributed by atoms with van der Waals surface area (Å²) < 4.78 is 1.07. The SMILES string of the molecule is CCC(C)SCc1nc(NC)c(I)c(-c2ccccc2)n1. The standard InChI is InChI=1S/C16H20IN3S/c1-4-11(2)21-10-13-19-15(12-8-6-5-7-9-12)14(17)16(18-3)20-13/h5-9,11H,4,10H2,1-3H3,(H,18,19,20). The summed E-state index contributed by atoms with van der Waals surface area (Å²) in [4.78, 5) is 9.41. The van der Waals surface area contributed by atoms with Gasteiger partial charge in [0.15, 0.2) is 0 Å². The fraction of sp³-hybridized carbons (Fsp3) is 0.375. The van der Waals surface area contributed by atoms with Crippen molar-refractivity contribution in [3.63, 3.8) is 0 Å². The van der Waals surface area contributed by atoms with Crippen molar-refractivity contribution < 1.29 is 0 Å². The van der Waals surface area contributed by atoms with Crippen molar-refractivity contribution in [1.82, 2.24) is 9.97 Å². The van der Waals surface area contributed by atoms with Gasteiger partial charge >= 0.3 is 0 Å². The van der Waals surface area contributed by atoms with Crippen LogP contribution >= 0.6 is 34.4 Å². The number of aromatic nitrogens is 2. The van der Waals surface area contributed by atoms with Gasteiger partial charge in [-0.25, -0.2) is 9.97 Å². The number of rotatable bonds is 6. The lowest BCUT2D eigenvalue weighted by Crippen LogP contribution is -2.06. The summed E-state index contributed by atoms with van der Waals surface area (Å²) in [5.74, 6) is 2.65. The largest absolute Gasteiger partial charge is 0.372 e. The van der Waals surface area contributed by atoms with E-state index >= 15 is 0 Å². The third kappa shape index (κ3) is 4.32. The molecule has 112 valence electrons. The number of halogens is 1. The van der Waals surface area contributed by atoms with Crippen LogP contribution < -0.4 is 5.32 Å². The molecule has 0 radical (unpaired) electrons. The number of benzene rings is 1. The Balaban J connectivity index is 2.35. The van der Waals surface area contributed by atoms with Crippen LogP contribution in [0.25, 0.3) is 11.3 Å². The summed E-state index contributed by atoms with van der Waals surface area (Å²) in [5, 5.41) is 3.81. The predicted octanol–water partition coefficient (Wildman–Crippen LogP) is 4.82. The first-order chi connectivity index (χ1) is 10.2. The van der Waals surface area contributed by atoms with Crippen LogP contribution in [-0.4, -0.2) is 22.3 Å². The van der Waals surface area contributed by atoms with Gasteiger partial charge in [-0.3, -0.25) is 0 Å². The summed E-state index contributed by atoms with van der Waals surface area (Å²) >= 11 is 4.22. The van der Waals surface area contributed by atoms with Crippen molar-refractivity contribution in [1.29, 1.82) is 0 Å². The van der Waals surface area contributed by atoms with Gasteiger partial charge in [-0.2, -0.15) is 11.8 Å². The predicted molar refractivity (Wildman–Crippen MR) is 101 cm³/mol. The lowest BCUT2D eigenvalue weighted by Gasteiger charge is -2.12. The molecule has 1 aromatic carbocycles. The van der Waals surface area contributed by atoms with E-state index in [4.69, 9.17) is 4.98 Å². The van der Waals surface area contributed by atoms with E-state index in [2.05, 4.69) is 58.9 Å². The highest BCUT2D eigenvalue weighted by Gasteiger charge is 2.13. The van der Waals surface area contributed by atoms with Gasteiger partial charge in [-0.1, -0.05) is 44.2 Å². The molecule has 1 N–H and O–H groups in total. The Bertz CT molecular complexity index is 590. The van der Waals surface area contributed by atoms with Gasteiger partial charge in [0, 0.05) is 17.9 Å². The molecular weight excluding hydrogens is 393 g/mol. The van der Waals surface area contributed by atoms with Crippen LogP contribution in [0, 0.1) is 3.57 Å². The maximum absolute atomic E-state index is 4.78. The highest BCUT2D eigenvalue weighted by Crippen LogP contribution is 2.29. The third-order valence-electron chi connectivity index (χ3n) is 3.25. The number of nitrogens with zero attached hydrogens (tertiary/aromatic N) is 2. The van der Waals surface area contributed by atoms with Gasteiger partial charge < -0.3 is 5.32 Å². The molecule has 1 aromatic heterocycles. The van der Waals surface area contributed by atoms with Gasteiger partial charge in [0.25, 0.3) is 0 Å². The van der Waals surface area contributed by atoms with Crippen molar-refractivity contribution in [2.45, 2.75) is 31.3 Å². The van der Waals surface area contributed by atoms with Crippen LogP contribution in [0.4, 0.5) is 5.82 Å². The van der Waals surface area contributed by atoms with E-state index in [-0.39, 0.29) is 0 Å².